The van der Waals surface area contributed by atoms with Crippen molar-refractivity contribution < 1.29 is 9.53 Å². The Hall–Kier alpha value is -2.19. The highest BCUT2D eigenvalue weighted by atomic mass is 35.5. The van der Waals surface area contributed by atoms with E-state index in [1.54, 1.807) is 0 Å². The lowest BCUT2D eigenvalue weighted by molar-refractivity contribution is 0.0868. The second-order valence-electron chi connectivity index (χ2n) is 7.88. The molecule has 0 aliphatic carbocycles. The van der Waals surface area contributed by atoms with Crippen LogP contribution in [0.15, 0.2) is 47.8 Å². The van der Waals surface area contributed by atoms with Crippen molar-refractivity contribution in [3.05, 3.63) is 69.0 Å². The summed E-state index contributed by atoms with van der Waals surface area (Å²) in [6.45, 7) is 3.34. The molecular formula is C23H24Cl2N4O2S. The molecule has 1 N–H and O–H groups in total. The normalized spacial score (nSPS) is 16.6. The molecule has 1 aliphatic rings. The van der Waals surface area contributed by atoms with Crippen LogP contribution in [0, 0.1) is 5.92 Å². The minimum atomic E-state index is -0.399. The Labute approximate surface area is 201 Å². The third kappa shape index (κ3) is 6.19. The Morgan fingerprint density at radius 1 is 1.19 bits per heavy atom. The summed E-state index contributed by atoms with van der Waals surface area (Å²) in [5.41, 5.74) is 3.80. The number of piperidine rings is 1. The van der Waals surface area contributed by atoms with E-state index in [4.69, 9.17) is 27.9 Å². The number of likely N-dealkylation sites (tertiary alicyclic amines) is 1. The topological polar surface area (TPSA) is 67.3 Å². The smallest absolute Gasteiger partial charge is 0.407 e. The van der Waals surface area contributed by atoms with Crippen LogP contribution in [0.2, 0.25) is 10.0 Å². The van der Waals surface area contributed by atoms with Crippen LogP contribution in [-0.2, 0) is 17.8 Å². The number of nitrogens with one attached hydrogen (secondary N) is 1. The number of carbonyl (C=O) groups excluding carboxylic acids is 1. The predicted molar refractivity (Wildman–Crippen MR) is 128 cm³/mol. The fourth-order valence-corrected chi connectivity index (χ4v) is 4.82. The van der Waals surface area contributed by atoms with Crippen molar-refractivity contribution in [2.24, 2.45) is 5.92 Å². The molecule has 1 aliphatic heterocycles. The molecule has 0 bridgehead atoms. The minimum Gasteiger partial charge on any atom is -0.449 e. The van der Waals surface area contributed by atoms with Crippen molar-refractivity contribution in [3.63, 3.8) is 0 Å². The molecule has 1 fully saturated rings. The van der Waals surface area contributed by atoms with E-state index in [2.05, 4.69) is 19.8 Å². The van der Waals surface area contributed by atoms with Crippen LogP contribution < -0.4 is 5.32 Å². The molecule has 0 saturated carbocycles. The molecule has 3 aromatic rings. The highest BCUT2D eigenvalue weighted by Crippen LogP contribution is 2.28. The van der Waals surface area contributed by atoms with Gasteiger partial charge in [-0.15, -0.1) is 5.10 Å². The zero-order valence-electron chi connectivity index (χ0n) is 17.5. The van der Waals surface area contributed by atoms with E-state index in [9.17, 15) is 4.79 Å². The first-order valence-electron chi connectivity index (χ1n) is 10.5. The van der Waals surface area contributed by atoms with Gasteiger partial charge in [-0.1, -0.05) is 58.0 Å². The SMILES string of the molecule is O=C(NCc1ccc(-c2csnn2)cc1)OCC1CCCN(Cc2c(Cl)cccc2Cl)C1. The highest BCUT2D eigenvalue weighted by molar-refractivity contribution is 7.03. The Bertz CT molecular complexity index is 1010. The molecule has 1 atom stereocenters. The van der Waals surface area contributed by atoms with Gasteiger partial charge >= 0.3 is 6.09 Å². The van der Waals surface area contributed by atoms with Gasteiger partial charge in [0.1, 0.15) is 5.69 Å². The van der Waals surface area contributed by atoms with E-state index >= 15 is 0 Å². The summed E-state index contributed by atoms with van der Waals surface area (Å²) < 4.78 is 9.36. The maximum atomic E-state index is 12.2. The minimum absolute atomic E-state index is 0.293. The van der Waals surface area contributed by atoms with E-state index in [0.29, 0.717) is 35.7 Å². The predicted octanol–water partition coefficient (Wildman–Crippen LogP) is 5.65. The van der Waals surface area contributed by atoms with Crippen molar-refractivity contribution in [2.75, 3.05) is 19.7 Å². The number of alkyl carbamates (subject to hydrolysis) is 1. The Kier molecular flexibility index (Phi) is 7.97. The largest absolute Gasteiger partial charge is 0.449 e. The van der Waals surface area contributed by atoms with Crippen LogP contribution in [-0.4, -0.2) is 40.3 Å². The van der Waals surface area contributed by atoms with Crippen LogP contribution in [0.4, 0.5) is 4.79 Å². The summed E-state index contributed by atoms with van der Waals surface area (Å²) in [4.78, 5) is 14.5. The molecule has 32 heavy (non-hydrogen) atoms. The second kappa shape index (κ2) is 11.1. The van der Waals surface area contributed by atoms with E-state index in [0.717, 1.165) is 48.3 Å². The highest BCUT2D eigenvalue weighted by Gasteiger charge is 2.22. The summed E-state index contributed by atoms with van der Waals surface area (Å²) >= 11 is 13.9. The van der Waals surface area contributed by atoms with E-state index in [-0.39, 0.29) is 0 Å². The number of halogens is 2. The molecule has 1 saturated heterocycles. The van der Waals surface area contributed by atoms with Crippen LogP contribution in [0.25, 0.3) is 11.3 Å². The van der Waals surface area contributed by atoms with Gasteiger partial charge < -0.3 is 10.1 Å². The average Bonchev–Trinajstić information content (AvgIpc) is 3.34. The number of amides is 1. The van der Waals surface area contributed by atoms with Gasteiger partial charge in [-0.05, 0) is 48.6 Å². The summed E-state index contributed by atoms with van der Waals surface area (Å²) in [5.74, 6) is 0.293. The molecule has 9 heteroatoms. The Morgan fingerprint density at radius 2 is 1.97 bits per heavy atom. The van der Waals surface area contributed by atoms with Crippen LogP contribution in [0.1, 0.15) is 24.0 Å². The lowest BCUT2D eigenvalue weighted by Gasteiger charge is -2.32. The maximum Gasteiger partial charge on any atom is 0.407 e. The first-order chi connectivity index (χ1) is 15.6. The van der Waals surface area contributed by atoms with Crippen molar-refractivity contribution in [1.82, 2.24) is 19.8 Å². The fraction of sp³-hybridized carbons (Fsp3) is 0.348. The number of rotatable bonds is 7. The monoisotopic (exact) mass is 490 g/mol. The molecule has 2 aromatic carbocycles. The van der Waals surface area contributed by atoms with E-state index in [1.165, 1.54) is 11.5 Å². The van der Waals surface area contributed by atoms with Crippen molar-refractivity contribution in [2.45, 2.75) is 25.9 Å². The number of hydrogen-bond donors (Lipinski definition) is 1. The molecular weight excluding hydrogens is 467 g/mol. The van der Waals surface area contributed by atoms with Crippen LogP contribution in [0.3, 0.4) is 0 Å². The van der Waals surface area contributed by atoms with Crippen molar-refractivity contribution in [3.8, 4) is 11.3 Å². The fourth-order valence-electron chi connectivity index (χ4n) is 3.84. The summed E-state index contributed by atoms with van der Waals surface area (Å²) in [6.07, 6.45) is 1.69. The third-order valence-corrected chi connectivity index (χ3v) is 6.76. The van der Waals surface area contributed by atoms with Gasteiger partial charge in [0.15, 0.2) is 0 Å². The van der Waals surface area contributed by atoms with E-state index < -0.39 is 6.09 Å². The maximum absolute atomic E-state index is 12.2. The molecule has 0 spiro atoms. The standard InChI is InChI=1S/C23H24Cl2N4O2S/c24-20-4-1-5-21(25)19(20)13-29-10-2-3-17(12-29)14-31-23(30)26-11-16-6-8-18(9-7-16)22-15-32-28-27-22/h1,4-9,15,17H,2-3,10-14H2,(H,26,30). The van der Waals surface area contributed by atoms with E-state index in [1.807, 2.05) is 47.8 Å². The second-order valence-corrected chi connectivity index (χ2v) is 9.31. The number of nitrogens with zero attached hydrogens (tertiary/aromatic N) is 3. The Morgan fingerprint density at radius 3 is 2.69 bits per heavy atom. The van der Waals surface area contributed by atoms with Gasteiger partial charge in [0.05, 0.1) is 6.61 Å². The molecule has 6 nitrogen and oxygen atoms in total. The first kappa shape index (κ1) is 23.0. The number of carbonyl (C=O) groups is 1. The van der Waals surface area contributed by atoms with Gasteiger partial charge in [-0.2, -0.15) is 0 Å². The lowest BCUT2D eigenvalue weighted by atomic mass is 9.98. The third-order valence-electron chi connectivity index (χ3n) is 5.54. The molecule has 2 heterocycles. The zero-order valence-corrected chi connectivity index (χ0v) is 19.8. The van der Waals surface area contributed by atoms with Crippen molar-refractivity contribution in [1.29, 1.82) is 0 Å². The zero-order chi connectivity index (χ0) is 22.3. The van der Waals surface area contributed by atoms with Gasteiger partial charge in [-0.3, -0.25) is 4.90 Å². The molecule has 1 aromatic heterocycles. The van der Waals surface area contributed by atoms with Gasteiger partial charge in [0.2, 0.25) is 0 Å². The molecule has 0 radical (unpaired) electrons. The number of ether oxygens (including phenoxy) is 1. The summed E-state index contributed by atoms with van der Waals surface area (Å²) in [5, 5.41) is 10.2. The van der Waals surface area contributed by atoms with Gasteiger partial charge in [0, 0.05) is 52.1 Å². The summed E-state index contributed by atoms with van der Waals surface area (Å²) in [6, 6.07) is 13.5. The number of hydrogen-bond acceptors (Lipinski definition) is 6. The van der Waals surface area contributed by atoms with Gasteiger partial charge in [-0.25, -0.2) is 4.79 Å². The molecule has 168 valence electrons. The van der Waals surface area contributed by atoms with Crippen LogP contribution >= 0.6 is 34.7 Å². The van der Waals surface area contributed by atoms with Crippen LogP contribution in [0.5, 0.6) is 0 Å². The molecule has 1 unspecified atom stereocenters. The number of aromatic nitrogens is 2. The summed E-state index contributed by atoms with van der Waals surface area (Å²) in [7, 11) is 0. The molecule has 4 rings (SSSR count). The lowest BCUT2D eigenvalue weighted by Crippen LogP contribution is -2.38. The first-order valence-corrected chi connectivity index (χ1v) is 12.1. The quantitative estimate of drug-likeness (QED) is 0.463. The Balaban J connectivity index is 1.21. The van der Waals surface area contributed by atoms with Crippen molar-refractivity contribution >= 4 is 40.8 Å². The molecule has 1 amide bonds. The average molecular weight is 491 g/mol. The van der Waals surface area contributed by atoms with Gasteiger partial charge in [0.25, 0.3) is 0 Å². The number of benzene rings is 2.